The van der Waals surface area contributed by atoms with Gasteiger partial charge in [-0.15, -0.1) is 0 Å². The van der Waals surface area contributed by atoms with Crippen LogP contribution in [0.3, 0.4) is 0 Å². The molecule has 0 spiro atoms. The molecule has 20 heavy (non-hydrogen) atoms. The first kappa shape index (κ1) is 16.7. The molecule has 1 unspecified atom stereocenters. The van der Waals surface area contributed by atoms with E-state index >= 15 is 0 Å². The van der Waals surface area contributed by atoms with Crippen LogP contribution in [0.4, 0.5) is 0 Å². The molecule has 0 fully saturated rings. The fraction of sp³-hybridized carbons (Fsp3) is 0.562. The SMILES string of the molecule is CC(C)OCC(=O)NCC(N)c1ccc(C(C)C)cc1. The van der Waals surface area contributed by atoms with E-state index in [4.69, 9.17) is 10.5 Å². The molecule has 4 heteroatoms. The van der Waals surface area contributed by atoms with Gasteiger partial charge in [0.2, 0.25) is 5.91 Å². The number of ether oxygens (including phenoxy) is 1. The molecule has 1 aromatic rings. The molecule has 1 rings (SSSR count). The van der Waals surface area contributed by atoms with Crippen LogP contribution in [0.25, 0.3) is 0 Å². The van der Waals surface area contributed by atoms with Crippen molar-refractivity contribution in [1.29, 1.82) is 0 Å². The number of benzene rings is 1. The predicted octanol–water partition coefficient (Wildman–Crippen LogP) is 2.35. The summed E-state index contributed by atoms with van der Waals surface area (Å²) < 4.78 is 5.23. The second-order valence-corrected chi connectivity index (χ2v) is 5.59. The van der Waals surface area contributed by atoms with Crippen molar-refractivity contribution < 1.29 is 9.53 Å². The van der Waals surface area contributed by atoms with Crippen LogP contribution in [-0.2, 0) is 9.53 Å². The molecule has 4 nitrogen and oxygen atoms in total. The lowest BCUT2D eigenvalue weighted by atomic mass is 9.99. The van der Waals surface area contributed by atoms with Crippen LogP contribution >= 0.6 is 0 Å². The second kappa shape index (κ2) is 8.02. The summed E-state index contributed by atoms with van der Waals surface area (Å²) in [6.45, 7) is 8.61. The summed E-state index contributed by atoms with van der Waals surface area (Å²) in [5.74, 6) is 0.376. The van der Waals surface area contributed by atoms with E-state index in [-0.39, 0.29) is 24.7 Å². The van der Waals surface area contributed by atoms with E-state index in [1.807, 2.05) is 26.0 Å². The maximum absolute atomic E-state index is 11.5. The van der Waals surface area contributed by atoms with E-state index in [2.05, 4.69) is 31.3 Å². The fourth-order valence-corrected chi connectivity index (χ4v) is 1.76. The number of amides is 1. The second-order valence-electron chi connectivity index (χ2n) is 5.59. The lowest BCUT2D eigenvalue weighted by Gasteiger charge is -2.15. The Morgan fingerprint density at radius 2 is 1.70 bits per heavy atom. The van der Waals surface area contributed by atoms with Crippen molar-refractivity contribution in [3.05, 3.63) is 35.4 Å². The lowest BCUT2D eigenvalue weighted by Crippen LogP contribution is -2.34. The summed E-state index contributed by atoms with van der Waals surface area (Å²) in [7, 11) is 0. The molecular weight excluding hydrogens is 252 g/mol. The van der Waals surface area contributed by atoms with Gasteiger partial charge in [-0.2, -0.15) is 0 Å². The third-order valence-corrected chi connectivity index (χ3v) is 3.10. The van der Waals surface area contributed by atoms with Crippen molar-refractivity contribution >= 4 is 5.91 Å². The molecule has 1 amide bonds. The highest BCUT2D eigenvalue weighted by atomic mass is 16.5. The molecule has 3 N–H and O–H groups in total. The molecule has 112 valence electrons. The molecule has 1 aromatic carbocycles. The number of hydrogen-bond acceptors (Lipinski definition) is 3. The van der Waals surface area contributed by atoms with Crippen molar-refractivity contribution in [3.63, 3.8) is 0 Å². The lowest BCUT2D eigenvalue weighted by molar-refractivity contribution is -0.127. The average molecular weight is 278 g/mol. The zero-order chi connectivity index (χ0) is 15.1. The standard InChI is InChI=1S/C16H26N2O2/c1-11(2)13-5-7-14(8-6-13)15(17)9-18-16(19)10-20-12(3)4/h5-8,11-12,15H,9-10,17H2,1-4H3,(H,18,19). The van der Waals surface area contributed by atoms with Gasteiger partial charge < -0.3 is 15.8 Å². The number of rotatable bonds is 7. The Balaban J connectivity index is 2.42. The molecular formula is C16H26N2O2. The van der Waals surface area contributed by atoms with E-state index in [1.54, 1.807) is 0 Å². The Labute approximate surface area is 121 Å². The molecule has 1 atom stereocenters. The highest BCUT2D eigenvalue weighted by Crippen LogP contribution is 2.17. The largest absolute Gasteiger partial charge is 0.369 e. The van der Waals surface area contributed by atoms with E-state index in [1.165, 1.54) is 5.56 Å². The molecule has 0 aliphatic carbocycles. The van der Waals surface area contributed by atoms with Crippen LogP contribution in [0.2, 0.25) is 0 Å². The zero-order valence-electron chi connectivity index (χ0n) is 12.8. The third kappa shape index (κ3) is 5.72. The maximum Gasteiger partial charge on any atom is 0.246 e. The first-order valence-corrected chi connectivity index (χ1v) is 7.14. The van der Waals surface area contributed by atoms with Crippen LogP contribution in [0, 0.1) is 0 Å². The number of hydrogen-bond donors (Lipinski definition) is 2. The highest BCUT2D eigenvalue weighted by molar-refractivity contribution is 5.77. The Morgan fingerprint density at radius 3 is 2.20 bits per heavy atom. The van der Waals surface area contributed by atoms with Gasteiger partial charge in [0.25, 0.3) is 0 Å². The normalized spacial score (nSPS) is 12.8. The van der Waals surface area contributed by atoms with Gasteiger partial charge in [0, 0.05) is 12.6 Å². The highest BCUT2D eigenvalue weighted by Gasteiger charge is 2.09. The minimum Gasteiger partial charge on any atom is -0.369 e. The summed E-state index contributed by atoms with van der Waals surface area (Å²) in [5.41, 5.74) is 8.38. The van der Waals surface area contributed by atoms with Crippen molar-refractivity contribution in [2.75, 3.05) is 13.2 Å². The van der Waals surface area contributed by atoms with E-state index in [9.17, 15) is 4.79 Å². The van der Waals surface area contributed by atoms with Crippen molar-refractivity contribution in [3.8, 4) is 0 Å². The zero-order valence-corrected chi connectivity index (χ0v) is 12.8. The van der Waals surface area contributed by atoms with Gasteiger partial charge >= 0.3 is 0 Å². The van der Waals surface area contributed by atoms with Crippen molar-refractivity contribution in [2.45, 2.75) is 45.8 Å². The van der Waals surface area contributed by atoms with E-state index in [0.29, 0.717) is 12.5 Å². The average Bonchev–Trinajstić information content (AvgIpc) is 2.42. The predicted molar refractivity (Wildman–Crippen MR) is 81.6 cm³/mol. The van der Waals surface area contributed by atoms with Gasteiger partial charge in [0.15, 0.2) is 0 Å². The van der Waals surface area contributed by atoms with Gasteiger partial charge in [-0.1, -0.05) is 38.1 Å². The van der Waals surface area contributed by atoms with E-state index in [0.717, 1.165) is 5.56 Å². The maximum atomic E-state index is 11.5. The number of nitrogens with two attached hydrogens (primary N) is 1. The monoisotopic (exact) mass is 278 g/mol. The van der Waals surface area contributed by atoms with Gasteiger partial charge in [0.05, 0.1) is 6.10 Å². The Morgan fingerprint density at radius 1 is 1.15 bits per heavy atom. The van der Waals surface area contributed by atoms with Crippen LogP contribution in [0.5, 0.6) is 0 Å². The molecule has 0 bridgehead atoms. The van der Waals surface area contributed by atoms with Crippen LogP contribution < -0.4 is 11.1 Å². The van der Waals surface area contributed by atoms with Gasteiger partial charge in [-0.3, -0.25) is 4.79 Å². The quantitative estimate of drug-likeness (QED) is 0.804. The topological polar surface area (TPSA) is 64.3 Å². The Bertz CT molecular complexity index is 413. The molecule has 0 aliphatic rings. The molecule has 0 aromatic heterocycles. The summed E-state index contributed by atoms with van der Waals surface area (Å²) in [5, 5.41) is 2.78. The fourth-order valence-electron chi connectivity index (χ4n) is 1.76. The first-order chi connectivity index (χ1) is 9.40. The number of carbonyl (C=O) groups excluding carboxylic acids is 1. The minimum absolute atomic E-state index is 0.0537. The molecule has 0 saturated heterocycles. The molecule has 0 saturated carbocycles. The molecule has 0 aliphatic heterocycles. The summed E-state index contributed by atoms with van der Waals surface area (Å²) >= 11 is 0. The smallest absolute Gasteiger partial charge is 0.246 e. The van der Waals surface area contributed by atoms with Crippen molar-refractivity contribution in [2.24, 2.45) is 5.73 Å². The summed E-state index contributed by atoms with van der Waals surface area (Å²) in [4.78, 5) is 11.5. The Kier molecular flexibility index (Phi) is 6.68. The summed E-state index contributed by atoms with van der Waals surface area (Å²) in [6.07, 6.45) is 0.0537. The third-order valence-electron chi connectivity index (χ3n) is 3.10. The summed E-state index contributed by atoms with van der Waals surface area (Å²) in [6, 6.07) is 8.03. The number of nitrogens with one attached hydrogen (secondary N) is 1. The van der Waals surface area contributed by atoms with Gasteiger partial charge in [-0.25, -0.2) is 0 Å². The minimum atomic E-state index is -0.195. The van der Waals surface area contributed by atoms with Crippen LogP contribution in [0.15, 0.2) is 24.3 Å². The number of carbonyl (C=O) groups is 1. The van der Waals surface area contributed by atoms with Crippen molar-refractivity contribution in [1.82, 2.24) is 5.32 Å². The first-order valence-electron chi connectivity index (χ1n) is 7.14. The van der Waals surface area contributed by atoms with E-state index < -0.39 is 0 Å². The van der Waals surface area contributed by atoms with Gasteiger partial charge in [0.1, 0.15) is 6.61 Å². The Hall–Kier alpha value is -1.39. The molecule has 0 radical (unpaired) electrons. The van der Waals surface area contributed by atoms with Crippen LogP contribution in [0.1, 0.15) is 50.8 Å². The van der Waals surface area contributed by atoms with Crippen LogP contribution in [-0.4, -0.2) is 25.2 Å². The van der Waals surface area contributed by atoms with Gasteiger partial charge in [-0.05, 0) is 30.9 Å². The molecule has 0 heterocycles.